The Morgan fingerprint density at radius 3 is 2.68 bits per heavy atom. The van der Waals surface area contributed by atoms with Crippen LogP contribution in [0.2, 0.25) is 0 Å². The summed E-state index contributed by atoms with van der Waals surface area (Å²) in [6, 6.07) is 10.9. The SMILES string of the molecule is Cc1ccccc1C(C)N1CCCC(NC2CC2)C1. The van der Waals surface area contributed by atoms with E-state index in [2.05, 4.69) is 48.3 Å². The molecule has 19 heavy (non-hydrogen) atoms. The van der Waals surface area contributed by atoms with Crippen molar-refractivity contribution < 1.29 is 0 Å². The molecule has 1 aliphatic heterocycles. The average Bonchev–Trinajstić information content (AvgIpc) is 3.23. The summed E-state index contributed by atoms with van der Waals surface area (Å²) in [7, 11) is 0. The van der Waals surface area contributed by atoms with Crippen molar-refractivity contribution in [2.24, 2.45) is 0 Å². The standard InChI is InChI=1S/C17H26N2/c1-13-6-3-4-8-17(13)14(2)19-11-5-7-16(12-19)18-15-9-10-15/h3-4,6,8,14-16,18H,5,7,9-12H2,1-2H3. The van der Waals surface area contributed by atoms with E-state index in [9.17, 15) is 0 Å². The van der Waals surface area contributed by atoms with Gasteiger partial charge in [-0.15, -0.1) is 0 Å². The van der Waals surface area contributed by atoms with Crippen LogP contribution in [0, 0.1) is 6.92 Å². The van der Waals surface area contributed by atoms with E-state index < -0.39 is 0 Å². The number of nitrogens with one attached hydrogen (secondary N) is 1. The highest BCUT2D eigenvalue weighted by atomic mass is 15.2. The zero-order chi connectivity index (χ0) is 13.2. The zero-order valence-corrected chi connectivity index (χ0v) is 12.2. The molecule has 2 atom stereocenters. The van der Waals surface area contributed by atoms with Crippen LogP contribution in [-0.2, 0) is 0 Å². The minimum Gasteiger partial charge on any atom is -0.310 e. The fourth-order valence-corrected chi connectivity index (χ4v) is 3.33. The summed E-state index contributed by atoms with van der Waals surface area (Å²) in [6.45, 7) is 7.06. The van der Waals surface area contributed by atoms with Gasteiger partial charge in [0.2, 0.25) is 0 Å². The van der Waals surface area contributed by atoms with Gasteiger partial charge in [0.25, 0.3) is 0 Å². The van der Waals surface area contributed by atoms with Crippen molar-refractivity contribution in [3.8, 4) is 0 Å². The Morgan fingerprint density at radius 2 is 1.95 bits per heavy atom. The average molecular weight is 258 g/mol. The van der Waals surface area contributed by atoms with Gasteiger partial charge in [0.15, 0.2) is 0 Å². The number of rotatable bonds is 4. The zero-order valence-electron chi connectivity index (χ0n) is 12.2. The Morgan fingerprint density at radius 1 is 1.16 bits per heavy atom. The van der Waals surface area contributed by atoms with Crippen molar-refractivity contribution >= 4 is 0 Å². The molecule has 1 N–H and O–H groups in total. The third kappa shape index (κ3) is 3.18. The molecule has 2 heteroatoms. The Labute approximate surface area is 117 Å². The summed E-state index contributed by atoms with van der Waals surface area (Å²) in [6.07, 6.45) is 5.47. The van der Waals surface area contributed by atoms with E-state index in [1.165, 1.54) is 49.9 Å². The Bertz CT molecular complexity index is 425. The number of aryl methyl sites for hydroxylation is 1. The van der Waals surface area contributed by atoms with E-state index in [0.29, 0.717) is 12.1 Å². The van der Waals surface area contributed by atoms with Gasteiger partial charge in [0.05, 0.1) is 0 Å². The highest BCUT2D eigenvalue weighted by Crippen LogP contribution is 2.28. The second-order valence-electron chi connectivity index (χ2n) is 6.31. The predicted molar refractivity (Wildman–Crippen MR) is 80.3 cm³/mol. The van der Waals surface area contributed by atoms with Crippen LogP contribution >= 0.6 is 0 Å². The molecule has 0 aromatic heterocycles. The van der Waals surface area contributed by atoms with Gasteiger partial charge in [-0.3, -0.25) is 4.90 Å². The van der Waals surface area contributed by atoms with Gasteiger partial charge in [-0.25, -0.2) is 0 Å². The summed E-state index contributed by atoms with van der Waals surface area (Å²) < 4.78 is 0. The van der Waals surface area contributed by atoms with Crippen molar-refractivity contribution in [2.75, 3.05) is 13.1 Å². The summed E-state index contributed by atoms with van der Waals surface area (Å²) in [5, 5.41) is 3.80. The van der Waals surface area contributed by atoms with Gasteiger partial charge < -0.3 is 5.32 Å². The van der Waals surface area contributed by atoms with Crippen LogP contribution in [0.5, 0.6) is 0 Å². The lowest BCUT2D eigenvalue weighted by atomic mass is 9.97. The molecule has 2 fully saturated rings. The van der Waals surface area contributed by atoms with Gasteiger partial charge in [0, 0.05) is 24.7 Å². The third-order valence-corrected chi connectivity index (χ3v) is 4.69. The largest absolute Gasteiger partial charge is 0.310 e. The molecular formula is C17H26N2. The highest BCUT2D eigenvalue weighted by molar-refractivity contribution is 5.28. The molecule has 2 nitrogen and oxygen atoms in total. The van der Waals surface area contributed by atoms with Crippen LogP contribution in [0.3, 0.4) is 0 Å². The van der Waals surface area contributed by atoms with Crippen LogP contribution in [0.1, 0.15) is 49.8 Å². The minimum atomic E-state index is 0.546. The van der Waals surface area contributed by atoms with Crippen molar-refractivity contribution in [3.05, 3.63) is 35.4 Å². The Kier molecular flexibility index (Phi) is 3.90. The van der Waals surface area contributed by atoms with Crippen molar-refractivity contribution in [2.45, 2.75) is 57.7 Å². The molecule has 2 aliphatic rings. The van der Waals surface area contributed by atoms with Crippen molar-refractivity contribution in [1.29, 1.82) is 0 Å². The number of hydrogen-bond donors (Lipinski definition) is 1. The first kappa shape index (κ1) is 13.1. The Balaban J connectivity index is 1.65. The van der Waals surface area contributed by atoms with Gasteiger partial charge in [-0.2, -0.15) is 0 Å². The minimum absolute atomic E-state index is 0.546. The maximum atomic E-state index is 3.80. The van der Waals surface area contributed by atoms with E-state index in [1.807, 2.05) is 0 Å². The van der Waals surface area contributed by atoms with Crippen molar-refractivity contribution in [3.63, 3.8) is 0 Å². The number of nitrogens with zero attached hydrogens (tertiary/aromatic N) is 1. The molecule has 0 spiro atoms. The topological polar surface area (TPSA) is 15.3 Å². The van der Waals surface area contributed by atoms with Crippen molar-refractivity contribution in [1.82, 2.24) is 10.2 Å². The molecule has 1 heterocycles. The van der Waals surface area contributed by atoms with E-state index in [4.69, 9.17) is 0 Å². The monoisotopic (exact) mass is 258 g/mol. The number of piperidine rings is 1. The van der Waals surface area contributed by atoms with Crippen LogP contribution in [0.4, 0.5) is 0 Å². The van der Waals surface area contributed by atoms with Gasteiger partial charge in [0.1, 0.15) is 0 Å². The second kappa shape index (κ2) is 5.64. The van der Waals surface area contributed by atoms with E-state index in [1.54, 1.807) is 0 Å². The summed E-state index contributed by atoms with van der Waals surface area (Å²) >= 11 is 0. The summed E-state index contributed by atoms with van der Waals surface area (Å²) in [5.41, 5.74) is 2.92. The first-order valence-corrected chi connectivity index (χ1v) is 7.79. The molecule has 1 saturated heterocycles. The molecule has 1 aromatic carbocycles. The fourth-order valence-electron chi connectivity index (χ4n) is 3.33. The van der Waals surface area contributed by atoms with E-state index in [0.717, 1.165) is 6.04 Å². The van der Waals surface area contributed by atoms with Crippen LogP contribution in [-0.4, -0.2) is 30.1 Å². The number of likely N-dealkylation sites (tertiary alicyclic amines) is 1. The lowest BCUT2D eigenvalue weighted by Crippen LogP contribution is -2.47. The van der Waals surface area contributed by atoms with E-state index >= 15 is 0 Å². The third-order valence-electron chi connectivity index (χ3n) is 4.69. The molecule has 1 saturated carbocycles. The molecule has 1 aromatic rings. The maximum Gasteiger partial charge on any atom is 0.0323 e. The molecule has 2 unspecified atom stereocenters. The van der Waals surface area contributed by atoms with Gasteiger partial charge in [-0.1, -0.05) is 24.3 Å². The fraction of sp³-hybridized carbons (Fsp3) is 0.647. The molecule has 3 rings (SSSR count). The van der Waals surface area contributed by atoms with Crippen LogP contribution in [0.15, 0.2) is 24.3 Å². The number of hydrogen-bond acceptors (Lipinski definition) is 2. The molecule has 1 aliphatic carbocycles. The molecule has 104 valence electrons. The second-order valence-corrected chi connectivity index (χ2v) is 6.31. The normalized spacial score (nSPS) is 26.3. The molecule has 0 amide bonds. The molecule has 0 bridgehead atoms. The smallest absolute Gasteiger partial charge is 0.0323 e. The summed E-state index contributed by atoms with van der Waals surface area (Å²) in [4.78, 5) is 2.66. The lowest BCUT2D eigenvalue weighted by molar-refractivity contribution is 0.145. The van der Waals surface area contributed by atoms with E-state index in [-0.39, 0.29) is 0 Å². The van der Waals surface area contributed by atoms with Crippen LogP contribution in [0.25, 0.3) is 0 Å². The lowest BCUT2D eigenvalue weighted by Gasteiger charge is -2.38. The quantitative estimate of drug-likeness (QED) is 0.891. The highest BCUT2D eigenvalue weighted by Gasteiger charge is 2.29. The first-order chi connectivity index (χ1) is 9.24. The maximum absolute atomic E-state index is 3.80. The predicted octanol–water partition coefficient (Wildman–Crippen LogP) is 3.27. The van der Waals surface area contributed by atoms with Gasteiger partial charge >= 0.3 is 0 Å². The molecule has 0 radical (unpaired) electrons. The summed E-state index contributed by atoms with van der Waals surface area (Å²) in [5.74, 6) is 0. The van der Waals surface area contributed by atoms with Crippen LogP contribution < -0.4 is 5.32 Å². The van der Waals surface area contributed by atoms with Gasteiger partial charge in [-0.05, 0) is 57.2 Å². The first-order valence-electron chi connectivity index (χ1n) is 7.79. The molecular weight excluding hydrogens is 232 g/mol. The number of benzene rings is 1. The Hall–Kier alpha value is -0.860.